The molecular formula is C28H20BrFN4. The molecule has 1 heterocycles. The van der Waals surface area contributed by atoms with E-state index in [0.29, 0.717) is 16.0 Å². The number of hydrogen-bond acceptors (Lipinski definition) is 3. The molecule has 0 saturated carbocycles. The highest BCUT2D eigenvalue weighted by Crippen LogP contribution is 2.41. The SMILES string of the molecule is Fc1ccc(N=Nc2cn(C(c3ccccc3)(c3ccccc3)c3ccccc3)cn2)cc1Br. The third-order valence-electron chi connectivity index (χ3n) is 5.70. The van der Waals surface area contributed by atoms with Gasteiger partial charge in [-0.05, 0) is 50.8 Å². The zero-order chi connectivity index (χ0) is 23.4. The molecule has 34 heavy (non-hydrogen) atoms. The molecule has 0 N–H and O–H groups in total. The van der Waals surface area contributed by atoms with Crippen LogP contribution in [0.3, 0.4) is 0 Å². The maximum Gasteiger partial charge on any atom is 0.192 e. The summed E-state index contributed by atoms with van der Waals surface area (Å²) >= 11 is 3.18. The van der Waals surface area contributed by atoms with E-state index in [4.69, 9.17) is 0 Å². The van der Waals surface area contributed by atoms with Crippen LogP contribution < -0.4 is 0 Å². The van der Waals surface area contributed by atoms with E-state index < -0.39 is 5.54 Å². The second-order valence-electron chi connectivity index (χ2n) is 7.75. The molecule has 0 fully saturated rings. The average molecular weight is 511 g/mol. The Balaban J connectivity index is 1.67. The highest BCUT2D eigenvalue weighted by atomic mass is 79.9. The van der Waals surface area contributed by atoms with Crippen molar-refractivity contribution in [2.45, 2.75) is 5.54 Å². The van der Waals surface area contributed by atoms with E-state index in [-0.39, 0.29) is 5.82 Å². The minimum Gasteiger partial charge on any atom is -0.317 e. The van der Waals surface area contributed by atoms with Gasteiger partial charge in [0.25, 0.3) is 0 Å². The van der Waals surface area contributed by atoms with Crippen LogP contribution in [0.2, 0.25) is 0 Å². The molecule has 5 aromatic rings. The number of azo groups is 1. The van der Waals surface area contributed by atoms with Gasteiger partial charge in [-0.25, -0.2) is 9.37 Å². The van der Waals surface area contributed by atoms with Crippen LogP contribution in [0.15, 0.2) is 136 Å². The van der Waals surface area contributed by atoms with Crippen molar-refractivity contribution in [2.75, 3.05) is 0 Å². The van der Waals surface area contributed by atoms with Crippen molar-refractivity contribution < 1.29 is 4.39 Å². The zero-order valence-electron chi connectivity index (χ0n) is 18.1. The minimum absolute atomic E-state index is 0.339. The summed E-state index contributed by atoms with van der Waals surface area (Å²) in [6, 6.07) is 35.5. The fourth-order valence-electron chi connectivity index (χ4n) is 4.19. The van der Waals surface area contributed by atoms with Crippen LogP contribution in [-0.2, 0) is 5.54 Å². The molecule has 4 nitrogen and oxygen atoms in total. The number of aromatic nitrogens is 2. The first-order chi connectivity index (χ1) is 16.7. The average Bonchev–Trinajstić information content (AvgIpc) is 3.36. The second kappa shape index (κ2) is 9.53. The third kappa shape index (κ3) is 4.08. The standard InChI is InChI=1S/C28H20BrFN4/c29-25-18-24(16-17-26(25)30)32-33-27-19-34(20-31-27)28(21-10-4-1-5-11-21,22-12-6-2-7-13-22)23-14-8-3-9-15-23/h1-20H. The zero-order valence-corrected chi connectivity index (χ0v) is 19.7. The molecule has 6 heteroatoms. The smallest absolute Gasteiger partial charge is 0.192 e. The molecule has 166 valence electrons. The summed E-state index contributed by atoms with van der Waals surface area (Å²) in [7, 11) is 0. The van der Waals surface area contributed by atoms with Crippen LogP contribution in [0.4, 0.5) is 15.9 Å². The molecule has 0 aliphatic heterocycles. The molecule has 0 spiro atoms. The molecule has 4 aromatic carbocycles. The van der Waals surface area contributed by atoms with Crippen LogP contribution in [0, 0.1) is 5.82 Å². The van der Waals surface area contributed by atoms with Crippen LogP contribution in [0.5, 0.6) is 0 Å². The van der Waals surface area contributed by atoms with Gasteiger partial charge in [-0.3, -0.25) is 0 Å². The Labute approximate surface area is 205 Å². The first-order valence-corrected chi connectivity index (χ1v) is 11.5. The van der Waals surface area contributed by atoms with Crippen LogP contribution in [-0.4, -0.2) is 9.55 Å². The molecule has 0 amide bonds. The maximum absolute atomic E-state index is 13.5. The van der Waals surface area contributed by atoms with E-state index in [9.17, 15) is 4.39 Å². The van der Waals surface area contributed by atoms with Crippen molar-refractivity contribution >= 4 is 27.4 Å². The van der Waals surface area contributed by atoms with Gasteiger partial charge in [0.15, 0.2) is 5.82 Å². The molecule has 0 aliphatic rings. The molecule has 1 aromatic heterocycles. The van der Waals surface area contributed by atoms with Crippen molar-refractivity contribution in [3.8, 4) is 0 Å². The van der Waals surface area contributed by atoms with Crippen molar-refractivity contribution in [3.63, 3.8) is 0 Å². The van der Waals surface area contributed by atoms with Crippen molar-refractivity contribution in [1.82, 2.24) is 9.55 Å². The summed E-state index contributed by atoms with van der Waals surface area (Å²) in [6.07, 6.45) is 3.66. The van der Waals surface area contributed by atoms with Crippen LogP contribution in [0.25, 0.3) is 0 Å². The summed E-state index contributed by atoms with van der Waals surface area (Å²) in [5.41, 5.74) is 3.15. The Morgan fingerprint density at radius 1 is 0.706 bits per heavy atom. The van der Waals surface area contributed by atoms with Gasteiger partial charge in [0.1, 0.15) is 11.4 Å². The second-order valence-corrected chi connectivity index (χ2v) is 8.60. The van der Waals surface area contributed by atoms with E-state index in [0.717, 1.165) is 16.7 Å². The summed E-state index contributed by atoms with van der Waals surface area (Å²) in [5.74, 6) is 0.106. The summed E-state index contributed by atoms with van der Waals surface area (Å²) in [6.45, 7) is 0. The molecule has 0 bridgehead atoms. The van der Waals surface area contributed by atoms with E-state index in [2.05, 4.69) is 72.1 Å². The number of nitrogens with zero attached hydrogens (tertiary/aromatic N) is 4. The number of rotatable bonds is 6. The van der Waals surface area contributed by atoms with Gasteiger partial charge in [-0.2, -0.15) is 0 Å². The normalized spacial score (nSPS) is 11.7. The quantitative estimate of drug-likeness (QED) is 0.168. The van der Waals surface area contributed by atoms with E-state index in [1.165, 1.54) is 6.07 Å². The van der Waals surface area contributed by atoms with Crippen molar-refractivity contribution in [2.24, 2.45) is 10.2 Å². The molecule has 0 saturated heterocycles. The van der Waals surface area contributed by atoms with Crippen molar-refractivity contribution in [1.29, 1.82) is 0 Å². The summed E-state index contributed by atoms with van der Waals surface area (Å²) < 4.78 is 16.0. The first-order valence-electron chi connectivity index (χ1n) is 10.8. The minimum atomic E-state index is -0.663. The lowest BCUT2D eigenvalue weighted by atomic mass is 9.77. The van der Waals surface area contributed by atoms with Crippen LogP contribution in [0.1, 0.15) is 16.7 Å². The molecule has 0 unspecified atom stereocenters. The van der Waals surface area contributed by atoms with Crippen molar-refractivity contribution in [3.05, 3.63) is 149 Å². The molecule has 5 rings (SSSR count). The van der Waals surface area contributed by atoms with Crippen LogP contribution >= 0.6 is 15.9 Å². The highest BCUT2D eigenvalue weighted by Gasteiger charge is 2.38. The summed E-state index contributed by atoms with van der Waals surface area (Å²) in [4.78, 5) is 4.53. The number of benzene rings is 4. The van der Waals surface area contributed by atoms with E-state index in [1.807, 2.05) is 60.8 Å². The highest BCUT2D eigenvalue weighted by molar-refractivity contribution is 9.10. The van der Waals surface area contributed by atoms with Gasteiger partial charge in [0.05, 0.1) is 22.7 Å². The lowest BCUT2D eigenvalue weighted by molar-refractivity contribution is 0.514. The lowest BCUT2D eigenvalue weighted by Gasteiger charge is -2.37. The fourth-order valence-corrected chi connectivity index (χ4v) is 4.56. The van der Waals surface area contributed by atoms with Gasteiger partial charge in [-0.1, -0.05) is 91.0 Å². The fraction of sp³-hybridized carbons (Fsp3) is 0.0357. The Morgan fingerprint density at radius 3 is 1.74 bits per heavy atom. The number of halogens is 2. The predicted octanol–water partition coefficient (Wildman–Crippen LogP) is 8.04. The monoisotopic (exact) mass is 510 g/mol. The van der Waals surface area contributed by atoms with Gasteiger partial charge >= 0.3 is 0 Å². The Morgan fingerprint density at radius 2 is 1.24 bits per heavy atom. The molecular weight excluding hydrogens is 491 g/mol. The molecule has 0 atom stereocenters. The third-order valence-corrected chi connectivity index (χ3v) is 6.31. The summed E-state index contributed by atoms with van der Waals surface area (Å²) in [5, 5.41) is 8.56. The largest absolute Gasteiger partial charge is 0.317 e. The van der Waals surface area contributed by atoms with E-state index in [1.54, 1.807) is 18.5 Å². The maximum atomic E-state index is 13.5. The Bertz CT molecular complexity index is 1320. The predicted molar refractivity (Wildman–Crippen MR) is 135 cm³/mol. The van der Waals surface area contributed by atoms with Gasteiger partial charge in [0.2, 0.25) is 0 Å². The first kappa shape index (κ1) is 21.9. The van der Waals surface area contributed by atoms with Gasteiger partial charge in [-0.15, -0.1) is 10.2 Å². The Hall–Kier alpha value is -3.90. The lowest BCUT2D eigenvalue weighted by Crippen LogP contribution is -2.36. The van der Waals surface area contributed by atoms with Gasteiger partial charge in [0, 0.05) is 0 Å². The molecule has 0 radical (unpaired) electrons. The Kier molecular flexibility index (Phi) is 6.14. The molecule has 0 aliphatic carbocycles. The topological polar surface area (TPSA) is 42.5 Å². The van der Waals surface area contributed by atoms with Gasteiger partial charge < -0.3 is 4.57 Å². The number of imidazole rings is 1. The van der Waals surface area contributed by atoms with E-state index >= 15 is 0 Å². The number of hydrogen-bond donors (Lipinski definition) is 0.